The summed E-state index contributed by atoms with van der Waals surface area (Å²) in [5.74, 6) is -0.123. The van der Waals surface area contributed by atoms with Crippen LogP contribution in [0.5, 0.6) is 0 Å². The number of hydrazine groups is 3. The predicted octanol–water partition coefficient (Wildman–Crippen LogP) is -0.539. The van der Waals surface area contributed by atoms with Crippen LogP contribution in [0.4, 0.5) is 0 Å². The minimum Gasteiger partial charge on any atom is -0.300 e. The van der Waals surface area contributed by atoms with E-state index in [4.69, 9.17) is 12.2 Å². The standard InChI is InChI=1S/C11H19N5O2S/c1-2-3-4-6-12-9-10(18)16(11(9)19)14-13-15-7-5-8(15)17/h9,12-14H,2-7H2,1H3. The van der Waals surface area contributed by atoms with Gasteiger partial charge in [0.2, 0.25) is 5.91 Å². The summed E-state index contributed by atoms with van der Waals surface area (Å²) >= 11 is 5.15. The Morgan fingerprint density at radius 1 is 1.32 bits per heavy atom. The van der Waals surface area contributed by atoms with Crippen molar-refractivity contribution in [1.29, 1.82) is 0 Å². The number of amides is 2. The van der Waals surface area contributed by atoms with E-state index < -0.39 is 0 Å². The van der Waals surface area contributed by atoms with E-state index in [1.807, 2.05) is 0 Å². The minimum atomic E-state index is -0.381. The zero-order valence-electron chi connectivity index (χ0n) is 10.9. The lowest BCUT2D eigenvalue weighted by Crippen LogP contribution is -2.74. The quantitative estimate of drug-likeness (QED) is 0.241. The highest BCUT2D eigenvalue weighted by Gasteiger charge is 2.43. The minimum absolute atomic E-state index is 0.000585. The third kappa shape index (κ3) is 3.08. The second-order valence-corrected chi connectivity index (χ2v) is 5.04. The van der Waals surface area contributed by atoms with Gasteiger partial charge in [-0.1, -0.05) is 32.0 Å². The summed E-state index contributed by atoms with van der Waals surface area (Å²) in [5, 5.41) is 5.78. The molecule has 2 rings (SSSR count). The fourth-order valence-corrected chi connectivity index (χ4v) is 2.18. The first kappa shape index (κ1) is 14.3. The highest BCUT2D eigenvalue weighted by molar-refractivity contribution is 7.80. The summed E-state index contributed by atoms with van der Waals surface area (Å²) in [7, 11) is 0. The van der Waals surface area contributed by atoms with Crippen molar-refractivity contribution >= 4 is 29.0 Å². The molecular formula is C11H19N5O2S. The van der Waals surface area contributed by atoms with Gasteiger partial charge >= 0.3 is 0 Å². The number of β-lactam (4-membered cyclic amide) rings is 2. The number of nitrogens with zero attached hydrogens (tertiary/aromatic N) is 2. The van der Waals surface area contributed by atoms with Gasteiger partial charge in [0, 0.05) is 13.0 Å². The number of thiocarbonyl (C=S) groups is 1. The Balaban J connectivity index is 1.66. The SMILES string of the molecule is CCCCCNC1C(=O)N(NNN2CCC2=O)C1=S. The molecule has 0 aliphatic carbocycles. The van der Waals surface area contributed by atoms with E-state index in [9.17, 15) is 9.59 Å². The van der Waals surface area contributed by atoms with Crippen molar-refractivity contribution in [2.75, 3.05) is 13.1 Å². The van der Waals surface area contributed by atoms with E-state index in [1.165, 1.54) is 10.0 Å². The van der Waals surface area contributed by atoms with Gasteiger partial charge in [-0.15, -0.1) is 11.1 Å². The maximum Gasteiger partial charge on any atom is 0.267 e. The first-order valence-electron chi connectivity index (χ1n) is 6.58. The molecule has 0 saturated carbocycles. The second kappa shape index (κ2) is 6.38. The Labute approximate surface area is 117 Å². The molecule has 0 aromatic carbocycles. The van der Waals surface area contributed by atoms with Crippen LogP contribution in [-0.2, 0) is 9.59 Å². The van der Waals surface area contributed by atoms with E-state index in [-0.39, 0.29) is 17.9 Å². The zero-order chi connectivity index (χ0) is 13.8. The molecule has 106 valence electrons. The Hall–Kier alpha value is -1.09. The molecule has 19 heavy (non-hydrogen) atoms. The molecule has 0 spiro atoms. The van der Waals surface area contributed by atoms with Crippen molar-refractivity contribution in [3.8, 4) is 0 Å². The van der Waals surface area contributed by atoms with Crippen LogP contribution in [0.25, 0.3) is 0 Å². The molecule has 1 unspecified atom stereocenters. The van der Waals surface area contributed by atoms with Gasteiger partial charge in [0.1, 0.15) is 11.0 Å². The van der Waals surface area contributed by atoms with E-state index in [1.54, 1.807) is 0 Å². The van der Waals surface area contributed by atoms with Gasteiger partial charge in [0.15, 0.2) is 0 Å². The van der Waals surface area contributed by atoms with Gasteiger partial charge in [0.25, 0.3) is 5.91 Å². The number of carbonyl (C=O) groups is 2. The van der Waals surface area contributed by atoms with Crippen molar-refractivity contribution in [1.82, 2.24) is 26.4 Å². The molecule has 0 aromatic heterocycles. The number of hydrogen-bond donors (Lipinski definition) is 3. The number of nitrogens with one attached hydrogen (secondary N) is 3. The van der Waals surface area contributed by atoms with Crippen LogP contribution in [0.15, 0.2) is 0 Å². The van der Waals surface area contributed by atoms with Crippen LogP contribution in [0.1, 0.15) is 32.6 Å². The maximum atomic E-state index is 11.8. The first-order valence-corrected chi connectivity index (χ1v) is 6.99. The lowest BCUT2D eigenvalue weighted by molar-refractivity contribution is -0.151. The molecule has 7 nitrogen and oxygen atoms in total. The van der Waals surface area contributed by atoms with Crippen molar-refractivity contribution in [2.45, 2.75) is 38.6 Å². The van der Waals surface area contributed by atoms with Crippen molar-refractivity contribution < 1.29 is 9.59 Å². The van der Waals surface area contributed by atoms with Gasteiger partial charge in [0.05, 0.1) is 0 Å². The van der Waals surface area contributed by atoms with Crippen LogP contribution < -0.4 is 16.4 Å². The highest BCUT2D eigenvalue weighted by Crippen LogP contribution is 2.12. The van der Waals surface area contributed by atoms with Crippen LogP contribution in [0.3, 0.4) is 0 Å². The largest absolute Gasteiger partial charge is 0.300 e. The molecule has 2 saturated heterocycles. The van der Waals surface area contributed by atoms with Gasteiger partial charge in [-0.2, -0.15) is 0 Å². The third-order valence-electron chi connectivity index (χ3n) is 3.21. The van der Waals surface area contributed by atoms with E-state index in [0.29, 0.717) is 18.0 Å². The summed E-state index contributed by atoms with van der Waals surface area (Å²) in [6.45, 7) is 3.56. The maximum absolute atomic E-state index is 11.8. The number of unbranched alkanes of at least 4 members (excludes halogenated alkanes) is 2. The number of rotatable bonds is 8. The molecule has 8 heteroatoms. The Morgan fingerprint density at radius 2 is 2.11 bits per heavy atom. The summed E-state index contributed by atoms with van der Waals surface area (Å²) in [6, 6.07) is -0.381. The monoisotopic (exact) mass is 285 g/mol. The average molecular weight is 285 g/mol. The summed E-state index contributed by atoms with van der Waals surface area (Å²) < 4.78 is 0. The summed E-state index contributed by atoms with van der Waals surface area (Å²) in [5.41, 5.74) is 5.29. The lowest BCUT2D eigenvalue weighted by Gasteiger charge is -2.41. The van der Waals surface area contributed by atoms with Crippen LogP contribution in [-0.4, -0.2) is 46.0 Å². The summed E-state index contributed by atoms with van der Waals surface area (Å²) in [6.07, 6.45) is 3.86. The van der Waals surface area contributed by atoms with Gasteiger partial charge in [-0.3, -0.25) is 14.6 Å². The molecule has 2 aliphatic heterocycles. The summed E-state index contributed by atoms with van der Waals surface area (Å²) in [4.78, 5) is 23.4. The van der Waals surface area contributed by atoms with Crippen molar-refractivity contribution in [2.24, 2.45) is 0 Å². The van der Waals surface area contributed by atoms with Gasteiger partial charge in [-0.05, 0) is 13.0 Å². The fraction of sp³-hybridized carbons (Fsp3) is 0.727. The topological polar surface area (TPSA) is 76.7 Å². The molecule has 3 N–H and O–H groups in total. The Bertz CT molecular complexity index is 373. The van der Waals surface area contributed by atoms with E-state index in [2.05, 4.69) is 23.3 Å². The van der Waals surface area contributed by atoms with E-state index >= 15 is 0 Å². The Morgan fingerprint density at radius 3 is 2.63 bits per heavy atom. The Kier molecular flexibility index (Phi) is 4.81. The lowest BCUT2D eigenvalue weighted by atomic mass is 10.1. The fourth-order valence-electron chi connectivity index (χ4n) is 1.86. The van der Waals surface area contributed by atoms with Gasteiger partial charge < -0.3 is 5.32 Å². The van der Waals surface area contributed by atoms with Crippen LogP contribution in [0.2, 0.25) is 0 Å². The zero-order valence-corrected chi connectivity index (χ0v) is 11.8. The number of carbonyl (C=O) groups excluding carboxylic acids is 2. The normalized spacial score (nSPS) is 22.6. The van der Waals surface area contributed by atoms with E-state index in [0.717, 1.165) is 25.8 Å². The molecule has 2 aliphatic rings. The number of hydrogen-bond acceptors (Lipinski definition) is 6. The molecule has 0 bridgehead atoms. The van der Waals surface area contributed by atoms with Crippen LogP contribution >= 0.6 is 12.2 Å². The van der Waals surface area contributed by atoms with Gasteiger partial charge in [-0.25, -0.2) is 5.01 Å². The highest BCUT2D eigenvalue weighted by atomic mass is 32.1. The first-order chi connectivity index (χ1) is 9.15. The molecule has 2 amide bonds. The van der Waals surface area contributed by atoms with Crippen molar-refractivity contribution in [3.05, 3.63) is 0 Å². The molecule has 1 atom stereocenters. The third-order valence-corrected chi connectivity index (χ3v) is 3.63. The molecule has 2 heterocycles. The molecule has 2 fully saturated rings. The average Bonchev–Trinajstić information content (AvgIpc) is 2.41. The second-order valence-electron chi connectivity index (χ2n) is 4.63. The van der Waals surface area contributed by atoms with Crippen molar-refractivity contribution in [3.63, 3.8) is 0 Å². The molecule has 0 aromatic rings. The smallest absolute Gasteiger partial charge is 0.267 e. The molecule has 0 radical (unpaired) electrons. The predicted molar refractivity (Wildman–Crippen MR) is 73.4 cm³/mol. The molecular weight excluding hydrogens is 266 g/mol. The van der Waals surface area contributed by atoms with Crippen LogP contribution in [0, 0.1) is 0 Å².